The molecule has 0 saturated carbocycles. The van der Waals surface area contributed by atoms with Crippen LogP contribution in [0.2, 0.25) is 0 Å². The summed E-state index contributed by atoms with van der Waals surface area (Å²) in [4.78, 5) is 46.2. The molecule has 0 atom stereocenters. The van der Waals surface area contributed by atoms with Crippen LogP contribution >= 0.6 is 0 Å². The van der Waals surface area contributed by atoms with Gasteiger partial charge in [-0.2, -0.15) is 5.10 Å². The molecule has 21 heteroatoms. The Labute approximate surface area is 443 Å². The zero-order valence-corrected chi connectivity index (χ0v) is 46.7. The van der Waals surface area contributed by atoms with Gasteiger partial charge in [-0.05, 0) is 71.5 Å². The minimum atomic E-state index is -0.483. The number of aryl methyl sites for hydroxylation is 1. The summed E-state index contributed by atoms with van der Waals surface area (Å²) in [5, 5.41) is 7.75. The molecule has 0 unspecified atom stereocenters. The van der Waals surface area contributed by atoms with Gasteiger partial charge < -0.3 is 73.0 Å². The van der Waals surface area contributed by atoms with E-state index >= 15 is 0 Å². The van der Waals surface area contributed by atoms with Crippen LogP contribution in [0.3, 0.4) is 0 Å². The van der Waals surface area contributed by atoms with Crippen molar-refractivity contribution in [1.29, 1.82) is 0 Å². The molecule has 0 bridgehead atoms. The summed E-state index contributed by atoms with van der Waals surface area (Å²) in [7, 11) is 2.11. The van der Waals surface area contributed by atoms with Gasteiger partial charge in [-0.3, -0.25) is 19.1 Å². The Morgan fingerprint density at radius 1 is 0.635 bits per heavy atom. The van der Waals surface area contributed by atoms with E-state index in [1.807, 2.05) is 63.4 Å². The number of hydrogen-bond donors (Lipinski definition) is 2. The van der Waals surface area contributed by atoms with Gasteiger partial charge in [0.15, 0.2) is 0 Å². The molecule has 0 fully saturated rings. The van der Waals surface area contributed by atoms with Crippen molar-refractivity contribution in [2.24, 2.45) is 16.1 Å². The van der Waals surface area contributed by atoms with E-state index in [0.717, 1.165) is 45.3 Å². The van der Waals surface area contributed by atoms with Crippen molar-refractivity contribution in [2.75, 3.05) is 172 Å². The number of aromatic nitrogens is 2. The van der Waals surface area contributed by atoms with Crippen LogP contribution in [0.4, 0.5) is 5.69 Å². The fraction of sp³-hybridized carbons (Fsp3) is 0.830. The molecule has 0 aromatic carbocycles. The number of carbonyl (C=O) groups excluding carboxylic acids is 3. The highest BCUT2D eigenvalue weighted by atomic mass is 16.6. The quantitative estimate of drug-likeness (QED) is 0.0658. The number of amidine groups is 1. The number of unbranched alkanes of at least 4 members (excludes halogenated alkanes) is 2. The van der Waals surface area contributed by atoms with E-state index in [9.17, 15) is 14.4 Å². The highest BCUT2D eigenvalue weighted by Gasteiger charge is 2.23. The Balaban J connectivity index is 1.35. The summed E-state index contributed by atoms with van der Waals surface area (Å²) < 4.78 is 62.5. The fourth-order valence-electron chi connectivity index (χ4n) is 7.10. The number of nitrogens with zero attached hydrogens (tertiary/aromatic N) is 5. The third kappa shape index (κ3) is 37.2. The summed E-state index contributed by atoms with van der Waals surface area (Å²) in [6.07, 6.45) is 9.28. The summed E-state index contributed by atoms with van der Waals surface area (Å²) in [6.45, 7) is 27.5. The molecule has 1 aliphatic rings. The molecule has 0 saturated heterocycles. The first-order valence-electron chi connectivity index (χ1n) is 26.9. The van der Waals surface area contributed by atoms with Crippen molar-refractivity contribution < 1.29 is 66.5 Å². The maximum absolute atomic E-state index is 13.7. The molecule has 2 heterocycles. The van der Waals surface area contributed by atoms with E-state index in [1.165, 1.54) is 0 Å². The smallest absolute Gasteiger partial charge is 0.308 e. The van der Waals surface area contributed by atoms with E-state index in [4.69, 9.17) is 62.9 Å². The normalized spacial score (nSPS) is 12.9. The average molecular weight is 1060 g/mol. The second-order valence-corrected chi connectivity index (χ2v) is 20.2. The lowest BCUT2D eigenvalue weighted by molar-refractivity contribution is -0.156. The van der Waals surface area contributed by atoms with Crippen LogP contribution in [0.5, 0.6) is 0 Å². The molecule has 3 N–H and O–H groups in total. The largest absolute Gasteiger partial charge is 0.460 e. The van der Waals surface area contributed by atoms with Crippen molar-refractivity contribution in [3.8, 4) is 0 Å². The predicted molar refractivity (Wildman–Crippen MR) is 285 cm³/mol. The number of nitrogens with two attached hydrogens (primary N) is 1. The fourth-order valence-corrected chi connectivity index (χ4v) is 7.10. The number of aliphatic imine (C=N–C) groups is 1. The first-order chi connectivity index (χ1) is 35.6. The number of ether oxygens (including phenoxy) is 11. The van der Waals surface area contributed by atoms with E-state index < -0.39 is 5.60 Å². The van der Waals surface area contributed by atoms with Gasteiger partial charge in [0.25, 0.3) is 0 Å². The second-order valence-electron chi connectivity index (χ2n) is 20.2. The first kappa shape index (κ1) is 66.5. The van der Waals surface area contributed by atoms with Crippen molar-refractivity contribution >= 4 is 35.4 Å². The van der Waals surface area contributed by atoms with Crippen molar-refractivity contribution in [3.05, 3.63) is 17.5 Å². The molecular formula is C53H97N7O14. The number of nitrogens with one attached hydrogen (secondary N) is 1. The topological polar surface area (TPSA) is 227 Å². The van der Waals surface area contributed by atoms with E-state index in [-0.39, 0.29) is 36.0 Å². The molecule has 2 rings (SSSR count). The highest BCUT2D eigenvalue weighted by molar-refractivity contribution is 6.05. The highest BCUT2D eigenvalue weighted by Crippen LogP contribution is 2.26. The van der Waals surface area contributed by atoms with Crippen molar-refractivity contribution in [3.63, 3.8) is 0 Å². The van der Waals surface area contributed by atoms with Crippen LogP contribution in [0.1, 0.15) is 106 Å². The zero-order valence-electron chi connectivity index (χ0n) is 46.7. The average Bonchev–Trinajstić information content (AvgIpc) is 3.62. The van der Waals surface area contributed by atoms with E-state index in [0.29, 0.717) is 187 Å². The Morgan fingerprint density at radius 3 is 1.59 bits per heavy atom. The standard InChI is InChI=1S/C53H97N7O14/c1-9-16-59(18-13-15-55-49(61)43-52(2,3)4)51(63)45-41-46-47(56-48(54)42-45)44-60(57-46)19-12-10-11-17-58(8)20-22-65-24-26-67-28-30-69-32-34-71-36-38-73-40-39-72-37-35-70-33-31-68-29-27-66-25-23-64-21-14-50(62)74-53(5,6)7/h41,44H,9-40,42-43H2,1-8H3,(H2,54,56)(H,55,61). The molecule has 0 radical (unpaired) electrons. The minimum absolute atomic E-state index is 0.0314. The molecular weight excluding hydrogens is 959 g/mol. The third-order valence-electron chi connectivity index (χ3n) is 10.7. The molecule has 1 aromatic rings. The molecule has 21 nitrogen and oxygen atoms in total. The molecule has 1 aliphatic heterocycles. The van der Waals surface area contributed by atoms with Gasteiger partial charge in [-0.15, -0.1) is 0 Å². The minimum Gasteiger partial charge on any atom is -0.460 e. The molecule has 1 aromatic heterocycles. The Bertz CT molecular complexity index is 1680. The van der Waals surface area contributed by atoms with Crippen LogP contribution in [0, 0.1) is 5.41 Å². The number of amides is 2. The lowest BCUT2D eigenvalue weighted by atomic mass is 9.92. The summed E-state index contributed by atoms with van der Waals surface area (Å²) >= 11 is 0. The van der Waals surface area contributed by atoms with Gasteiger partial charge in [0, 0.05) is 51.1 Å². The summed E-state index contributed by atoms with van der Waals surface area (Å²) in [5.41, 5.74) is 7.65. The predicted octanol–water partition coefficient (Wildman–Crippen LogP) is 4.84. The maximum atomic E-state index is 13.7. The molecule has 428 valence electrons. The Morgan fingerprint density at radius 2 is 1.12 bits per heavy atom. The molecule has 2 amide bonds. The molecule has 0 aliphatic carbocycles. The molecule has 74 heavy (non-hydrogen) atoms. The van der Waals surface area contributed by atoms with Gasteiger partial charge in [-0.1, -0.05) is 34.1 Å². The van der Waals surface area contributed by atoms with E-state index in [2.05, 4.69) is 29.2 Å². The lowest BCUT2D eigenvalue weighted by Gasteiger charge is -2.24. The van der Waals surface area contributed by atoms with Crippen LogP contribution in [-0.2, 0) is 73.0 Å². The van der Waals surface area contributed by atoms with Crippen molar-refractivity contribution in [1.82, 2.24) is 24.9 Å². The van der Waals surface area contributed by atoms with Crippen molar-refractivity contribution in [2.45, 2.75) is 112 Å². The third-order valence-corrected chi connectivity index (χ3v) is 10.7. The molecule has 0 spiro atoms. The van der Waals surface area contributed by atoms with Gasteiger partial charge in [0.05, 0.1) is 145 Å². The van der Waals surface area contributed by atoms with Gasteiger partial charge in [-0.25, -0.2) is 4.99 Å². The Hall–Kier alpha value is -3.61. The van der Waals surface area contributed by atoms with E-state index in [1.54, 1.807) is 0 Å². The number of likely N-dealkylation sites (N-methyl/N-ethyl adjacent to an activating group) is 1. The van der Waals surface area contributed by atoms with Crippen LogP contribution in [0.25, 0.3) is 6.08 Å². The number of rotatable bonds is 47. The van der Waals surface area contributed by atoms with Crippen LogP contribution in [0.15, 0.2) is 16.8 Å². The van der Waals surface area contributed by atoms with Gasteiger partial charge >= 0.3 is 5.97 Å². The van der Waals surface area contributed by atoms with Crippen LogP contribution in [-0.4, -0.2) is 221 Å². The Kier molecular flexibility index (Phi) is 37.3. The lowest BCUT2D eigenvalue weighted by Crippen LogP contribution is -2.37. The first-order valence-corrected chi connectivity index (χ1v) is 26.9. The summed E-state index contributed by atoms with van der Waals surface area (Å²) in [5.74, 6) is 0.0889. The number of esters is 1. The number of fused-ring (bicyclic) bond motifs is 1. The van der Waals surface area contributed by atoms with Gasteiger partial charge in [0.1, 0.15) is 22.8 Å². The second kappa shape index (κ2) is 41.5. The number of carbonyl (C=O) groups is 3. The number of hydrogen-bond acceptors (Lipinski definition) is 18. The SMILES string of the molecule is CCCN(CCCNC(=O)CC(C)(C)C)C(=O)C1=Cc2nn(CCCCCN(C)CCOCCOCCOCCOCCOCCOCCOCCOCCOCCOCCC(=O)OC(C)(C)C)cc2N=C(N)C1. The van der Waals surface area contributed by atoms with Gasteiger partial charge in [0.2, 0.25) is 11.8 Å². The summed E-state index contributed by atoms with van der Waals surface area (Å²) in [6, 6.07) is 0. The van der Waals surface area contributed by atoms with Crippen LogP contribution < -0.4 is 11.1 Å². The monoisotopic (exact) mass is 1060 g/mol. The maximum Gasteiger partial charge on any atom is 0.308 e. The zero-order chi connectivity index (χ0) is 54.1.